The Bertz CT molecular complexity index is 494. The van der Waals surface area contributed by atoms with E-state index in [0.29, 0.717) is 25.0 Å². The second-order valence-electron chi connectivity index (χ2n) is 6.77. The fourth-order valence-electron chi connectivity index (χ4n) is 2.41. The van der Waals surface area contributed by atoms with Crippen molar-refractivity contribution in [2.75, 3.05) is 52.8 Å². The summed E-state index contributed by atoms with van der Waals surface area (Å²) in [7, 11) is -1.56. The van der Waals surface area contributed by atoms with Crippen LogP contribution in [-0.4, -0.2) is 72.7 Å². The number of hydrogen-bond donors (Lipinski definition) is 3. The molecule has 0 radical (unpaired) electrons. The molecule has 0 spiro atoms. The Morgan fingerprint density at radius 2 is 2.08 bits per heavy atom. The number of nitrogens with one attached hydrogen (secondary N) is 3. The minimum absolute atomic E-state index is 0. The molecule has 0 saturated carbocycles. The van der Waals surface area contributed by atoms with Crippen LogP contribution in [0, 0.1) is 5.92 Å². The van der Waals surface area contributed by atoms with Gasteiger partial charge in [0.05, 0.1) is 19.5 Å². The molecule has 1 rings (SSSR count). The van der Waals surface area contributed by atoms with Crippen molar-refractivity contribution in [1.29, 1.82) is 0 Å². The Balaban J connectivity index is 0.00000576. The molecule has 0 aromatic heterocycles. The fraction of sp³-hybridized carbons (Fsp3) is 0.933. The molecule has 0 aliphatic carbocycles. The summed E-state index contributed by atoms with van der Waals surface area (Å²) < 4.78 is 36.2. The fourth-order valence-corrected chi connectivity index (χ4v) is 3.49. The van der Waals surface area contributed by atoms with Crippen LogP contribution in [0.15, 0.2) is 4.99 Å². The van der Waals surface area contributed by atoms with E-state index in [-0.39, 0.29) is 24.0 Å². The molecule has 8 nitrogen and oxygen atoms in total. The molecule has 10 heteroatoms. The van der Waals surface area contributed by atoms with Crippen molar-refractivity contribution in [3.63, 3.8) is 0 Å². The van der Waals surface area contributed by atoms with E-state index in [2.05, 4.69) is 20.3 Å². The van der Waals surface area contributed by atoms with Gasteiger partial charge in [-0.2, -0.15) is 0 Å². The van der Waals surface area contributed by atoms with E-state index < -0.39 is 15.6 Å². The highest BCUT2D eigenvalue weighted by atomic mass is 127. The maximum absolute atomic E-state index is 11.3. The first-order chi connectivity index (χ1) is 11.2. The highest BCUT2D eigenvalue weighted by molar-refractivity contribution is 14.0. The SMILES string of the molecule is CN=C(NCCCOCC1CCOC1)NCC(C)(C)NS(C)(=O)=O.I. The summed E-state index contributed by atoms with van der Waals surface area (Å²) in [5.74, 6) is 1.18. The number of sulfonamides is 1. The number of aliphatic imine (C=N–C) groups is 1. The van der Waals surface area contributed by atoms with Crippen LogP contribution in [0.2, 0.25) is 0 Å². The van der Waals surface area contributed by atoms with E-state index in [4.69, 9.17) is 9.47 Å². The molecule has 1 aliphatic heterocycles. The molecule has 3 N–H and O–H groups in total. The quantitative estimate of drug-likeness (QED) is 0.178. The van der Waals surface area contributed by atoms with E-state index in [9.17, 15) is 8.42 Å². The normalized spacial score (nSPS) is 18.7. The highest BCUT2D eigenvalue weighted by Gasteiger charge is 2.22. The van der Waals surface area contributed by atoms with Gasteiger partial charge in [-0.05, 0) is 26.7 Å². The summed E-state index contributed by atoms with van der Waals surface area (Å²) in [6.45, 7) is 7.91. The lowest BCUT2D eigenvalue weighted by atomic mass is 10.1. The van der Waals surface area contributed by atoms with Crippen LogP contribution >= 0.6 is 24.0 Å². The Kier molecular flexibility index (Phi) is 12.2. The van der Waals surface area contributed by atoms with E-state index in [1.165, 1.54) is 0 Å². The van der Waals surface area contributed by atoms with Gasteiger partial charge in [-0.1, -0.05) is 0 Å². The molecule has 1 atom stereocenters. The molecular weight excluding hydrogens is 459 g/mol. The average Bonchev–Trinajstić information content (AvgIpc) is 2.96. The van der Waals surface area contributed by atoms with Gasteiger partial charge < -0.3 is 20.1 Å². The zero-order chi connectivity index (χ0) is 18.1. The van der Waals surface area contributed by atoms with Gasteiger partial charge >= 0.3 is 0 Å². The zero-order valence-electron chi connectivity index (χ0n) is 15.6. The second-order valence-corrected chi connectivity index (χ2v) is 8.52. The maximum atomic E-state index is 11.3. The van der Waals surface area contributed by atoms with Crippen molar-refractivity contribution in [2.24, 2.45) is 10.9 Å². The Hall–Kier alpha value is -0.170. The van der Waals surface area contributed by atoms with Crippen LogP contribution < -0.4 is 15.4 Å². The molecule has 1 saturated heterocycles. The topological polar surface area (TPSA) is 101 Å². The molecule has 25 heavy (non-hydrogen) atoms. The van der Waals surface area contributed by atoms with Crippen molar-refractivity contribution in [3.05, 3.63) is 0 Å². The lowest BCUT2D eigenvalue weighted by molar-refractivity contribution is 0.0888. The van der Waals surface area contributed by atoms with Crippen molar-refractivity contribution in [3.8, 4) is 0 Å². The summed E-state index contributed by atoms with van der Waals surface area (Å²) in [6.07, 6.45) is 3.12. The molecule has 0 aromatic carbocycles. The number of rotatable bonds is 10. The van der Waals surface area contributed by atoms with E-state index in [1.54, 1.807) is 7.05 Å². The van der Waals surface area contributed by atoms with Crippen LogP contribution in [0.5, 0.6) is 0 Å². The van der Waals surface area contributed by atoms with Gasteiger partial charge in [-0.15, -0.1) is 24.0 Å². The summed E-state index contributed by atoms with van der Waals surface area (Å²) in [6, 6.07) is 0. The summed E-state index contributed by atoms with van der Waals surface area (Å²) >= 11 is 0. The third-order valence-corrected chi connectivity index (χ3v) is 4.44. The van der Waals surface area contributed by atoms with Crippen molar-refractivity contribution in [1.82, 2.24) is 15.4 Å². The molecule has 1 unspecified atom stereocenters. The largest absolute Gasteiger partial charge is 0.381 e. The van der Waals surface area contributed by atoms with Gasteiger partial charge in [0.1, 0.15) is 0 Å². The average molecular weight is 492 g/mol. The van der Waals surface area contributed by atoms with Gasteiger partial charge in [-0.3, -0.25) is 4.99 Å². The summed E-state index contributed by atoms with van der Waals surface area (Å²) in [5.41, 5.74) is -0.600. The van der Waals surface area contributed by atoms with E-state index in [1.807, 2.05) is 13.8 Å². The summed E-state index contributed by atoms with van der Waals surface area (Å²) in [5, 5.41) is 6.31. The Morgan fingerprint density at radius 1 is 1.36 bits per heavy atom. The number of hydrogen-bond acceptors (Lipinski definition) is 5. The molecule has 1 fully saturated rings. The lowest BCUT2D eigenvalue weighted by Gasteiger charge is -2.26. The van der Waals surface area contributed by atoms with Gasteiger partial charge in [0.2, 0.25) is 10.0 Å². The standard InChI is InChI=1S/C15H32N4O4S.HI/c1-15(2,19-24(4,20)21)12-18-14(16-3)17-7-5-8-22-10-13-6-9-23-11-13;/h13,19H,5-12H2,1-4H3,(H2,16,17,18);1H. The van der Waals surface area contributed by atoms with Crippen LogP contribution in [0.1, 0.15) is 26.7 Å². The Labute approximate surface area is 169 Å². The van der Waals surface area contributed by atoms with Crippen LogP contribution in [0.25, 0.3) is 0 Å². The number of halogens is 1. The molecule has 0 amide bonds. The highest BCUT2D eigenvalue weighted by Crippen LogP contribution is 2.12. The van der Waals surface area contributed by atoms with Crippen molar-refractivity contribution in [2.45, 2.75) is 32.2 Å². The first kappa shape index (κ1) is 24.8. The first-order valence-electron chi connectivity index (χ1n) is 8.31. The monoisotopic (exact) mass is 492 g/mol. The zero-order valence-corrected chi connectivity index (χ0v) is 18.8. The molecular formula is C15H33IN4O4S. The predicted molar refractivity (Wildman–Crippen MR) is 111 cm³/mol. The molecule has 1 aliphatic rings. The van der Waals surface area contributed by atoms with Gasteiger partial charge in [-0.25, -0.2) is 13.1 Å². The van der Waals surface area contributed by atoms with Crippen LogP contribution in [0.3, 0.4) is 0 Å². The van der Waals surface area contributed by atoms with Gasteiger partial charge in [0.25, 0.3) is 0 Å². The third kappa shape index (κ3) is 12.8. The van der Waals surface area contributed by atoms with Crippen LogP contribution in [-0.2, 0) is 19.5 Å². The van der Waals surface area contributed by atoms with Crippen molar-refractivity contribution < 1.29 is 17.9 Å². The number of ether oxygens (including phenoxy) is 2. The number of guanidine groups is 1. The Morgan fingerprint density at radius 3 is 2.64 bits per heavy atom. The molecule has 1 heterocycles. The number of nitrogens with zero attached hydrogens (tertiary/aromatic N) is 1. The lowest BCUT2D eigenvalue weighted by Crippen LogP contribution is -2.53. The van der Waals surface area contributed by atoms with E-state index >= 15 is 0 Å². The third-order valence-electron chi connectivity index (χ3n) is 3.52. The predicted octanol–water partition coefficient (Wildman–Crippen LogP) is 0.540. The summed E-state index contributed by atoms with van der Waals surface area (Å²) in [4.78, 5) is 4.13. The van der Waals surface area contributed by atoms with E-state index in [0.717, 1.165) is 45.5 Å². The minimum Gasteiger partial charge on any atom is -0.381 e. The van der Waals surface area contributed by atoms with Gasteiger partial charge in [0.15, 0.2) is 5.96 Å². The first-order valence-corrected chi connectivity index (χ1v) is 10.2. The van der Waals surface area contributed by atoms with Crippen molar-refractivity contribution >= 4 is 40.0 Å². The minimum atomic E-state index is -3.25. The van der Waals surface area contributed by atoms with Crippen LogP contribution in [0.4, 0.5) is 0 Å². The smallest absolute Gasteiger partial charge is 0.209 e. The molecule has 150 valence electrons. The second kappa shape index (κ2) is 12.3. The molecule has 0 aromatic rings. The maximum Gasteiger partial charge on any atom is 0.209 e. The van der Waals surface area contributed by atoms with Gasteiger partial charge in [0, 0.05) is 44.8 Å². The molecule has 0 bridgehead atoms.